The van der Waals surface area contributed by atoms with Crippen LogP contribution in [0.1, 0.15) is 35.2 Å². The lowest BCUT2D eigenvalue weighted by atomic mass is 10.1. The highest BCUT2D eigenvalue weighted by Gasteiger charge is 2.29. The Kier molecular flexibility index (Phi) is 3.52. The molecule has 1 saturated carbocycles. The van der Waals surface area contributed by atoms with Crippen molar-refractivity contribution in [1.82, 2.24) is 0 Å². The number of carboxylic acid groups (broad SMARTS) is 1. The molecule has 0 aromatic heterocycles. The van der Waals surface area contributed by atoms with Crippen molar-refractivity contribution in [2.45, 2.75) is 32.2 Å². The Morgan fingerprint density at radius 3 is 2.78 bits per heavy atom. The van der Waals surface area contributed by atoms with Gasteiger partial charge in [0.2, 0.25) is 0 Å². The third-order valence-electron chi connectivity index (χ3n) is 3.21. The summed E-state index contributed by atoms with van der Waals surface area (Å²) in [6.45, 7) is 2.64. The summed E-state index contributed by atoms with van der Waals surface area (Å²) < 4.78 is 0. The molecule has 0 amide bonds. The fraction of sp³-hybridized carbons (Fsp3) is 0.429. The molecule has 0 heterocycles. The van der Waals surface area contributed by atoms with Gasteiger partial charge in [-0.2, -0.15) is 5.26 Å². The third kappa shape index (κ3) is 2.62. The van der Waals surface area contributed by atoms with E-state index in [-0.39, 0.29) is 0 Å². The number of aromatic carboxylic acids is 1. The van der Waals surface area contributed by atoms with E-state index in [0.29, 0.717) is 24.6 Å². The van der Waals surface area contributed by atoms with Crippen LogP contribution in [0.2, 0.25) is 0 Å². The smallest absolute Gasteiger partial charge is 0.335 e. The molecule has 4 heteroatoms. The molecule has 0 aliphatic heterocycles. The minimum atomic E-state index is -0.903. The first-order valence-electron chi connectivity index (χ1n) is 6.11. The van der Waals surface area contributed by atoms with Crippen molar-refractivity contribution in [3.05, 3.63) is 29.3 Å². The van der Waals surface area contributed by atoms with Crippen LogP contribution in [0.4, 0.5) is 5.69 Å². The first kappa shape index (κ1) is 12.4. The molecular weight excluding hydrogens is 228 g/mol. The SMILES string of the molecule is Cc1cc(C(=O)O)ccc1N(CCC#N)C1CC1. The maximum absolute atomic E-state index is 10.9. The Bertz CT molecular complexity index is 501. The second-order valence-corrected chi connectivity index (χ2v) is 4.64. The number of hydrogen-bond donors (Lipinski definition) is 1. The van der Waals surface area contributed by atoms with E-state index >= 15 is 0 Å². The number of rotatable bonds is 5. The summed E-state index contributed by atoms with van der Waals surface area (Å²) in [5.74, 6) is -0.903. The van der Waals surface area contributed by atoms with Gasteiger partial charge in [-0.25, -0.2) is 4.79 Å². The van der Waals surface area contributed by atoms with Crippen molar-refractivity contribution in [2.24, 2.45) is 0 Å². The minimum Gasteiger partial charge on any atom is -0.478 e. The van der Waals surface area contributed by atoms with Crippen LogP contribution in [-0.2, 0) is 0 Å². The monoisotopic (exact) mass is 244 g/mol. The van der Waals surface area contributed by atoms with Gasteiger partial charge in [-0.05, 0) is 43.5 Å². The van der Waals surface area contributed by atoms with Crippen LogP contribution in [0.15, 0.2) is 18.2 Å². The highest BCUT2D eigenvalue weighted by atomic mass is 16.4. The average Bonchev–Trinajstić information content (AvgIpc) is 3.15. The van der Waals surface area contributed by atoms with Gasteiger partial charge in [0, 0.05) is 18.3 Å². The number of carboxylic acids is 1. The van der Waals surface area contributed by atoms with Crippen LogP contribution < -0.4 is 4.90 Å². The fourth-order valence-corrected chi connectivity index (χ4v) is 2.17. The molecule has 18 heavy (non-hydrogen) atoms. The molecule has 0 radical (unpaired) electrons. The van der Waals surface area contributed by atoms with Gasteiger partial charge < -0.3 is 10.0 Å². The molecule has 1 aromatic rings. The molecule has 1 N–H and O–H groups in total. The van der Waals surface area contributed by atoms with E-state index in [0.717, 1.165) is 24.1 Å². The maximum Gasteiger partial charge on any atom is 0.335 e. The summed E-state index contributed by atoms with van der Waals surface area (Å²) in [4.78, 5) is 13.1. The summed E-state index contributed by atoms with van der Waals surface area (Å²) in [7, 11) is 0. The second-order valence-electron chi connectivity index (χ2n) is 4.64. The quantitative estimate of drug-likeness (QED) is 0.864. The zero-order valence-corrected chi connectivity index (χ0v) is 10.4. The Morgan fingerprint density at radius 1 is 1.56 bits per heavy atom. The van der Waals surface area contributed by atoms with E-state index in [2.05, 4.69) is 11.0 Å². The average molecular weight is 244 g/mol. The molecule has 1 aliphatic rings. The van der Waals surface area contributed by atoms with Crippen LogP contribution in [-0.4, -0.2) is 23.7 Å². The summed E-state index contributed by atoms with van der Waals surface area (Å²) >= 11 is 0. The van der Waals surface area contributed by atoms with E-state index in [4.69, 9.17) is 10.4 Å². The lowest BCUT2D eigenvalue weighted by Gasteiger charge is -2.25. The van der Waals surface area contributed by atoms with Gasteiger partial charge in [0.25, 0.3) is 0 Å². The Balaban J connectivity index is 2.25. The summed E-state index contributed by atoms with van der Waals surface area (Å²) in [6.07, 6.45) is 2.81. The van der Waals surface area contributed by atoms with Crippen LogP contribution in [0.25, 0.3) is 0 Å². The van der Waals surface area contributed by atoms with E-state index in [1.165, 1.54) is 0 Å². The predicted molar refractivity (Wildman–Crippen MR) is 68.7 cm³/mol. The number of aryl methyl sites for hydroxylation is 1. The maximum atomic E-state index is 10.9. The number of carbonyl (C=O) groups is 1. The molecule has 1 aromatic carbocycles. The zero-order chi connectivity index (χ0) is 13.1. The normalized spacial score (nSPS) is 14.0. The first-order valence-corrected chi connectivity index (χ1v) is 6.11. The highest BCUT2D eigenvalue weighted by molar-refractivity contribution is 5.88. The molecule has 94 valence electrons. The predicted octanol–water partition coefficient (Wildman–Crippen LogP) is 2.58. The van der Waals surface area contributed by atoms with Crippen molar-refractivity contribution < 1.29 is 9.90 Å². The Hall–Kier alpha value is -2.02. The van der Waals surface area contributed by atoms with Gasteiger partial charge in [-0.1, -0.05) is 0 Å². The number of anilines is 1. The fourth-order valence-electron chi connectivity index (χ4n) is 2.17. The zero-order valence-electron chi connectivity index (χ0n) is 10.4. The third-order valence-corrected chi connectivity index (χ3v) is 3.21. The number of benzene rings is 1. The van der Waals surface area contributed by atoms with E-state index < -0.39 is 5.97 Å². The van der Waals surface area contributed by atoms with Gasteiger partial charge in [0.1, 0.15) is 0 Å². The lowest BCUT2D eigenvalue weighted by Crippen LogP contribution is -2.27. The molecule has 0 spiro atoms. The van der Waals surface area contributed by atoms with Gasteiger partial charge >= 0.3 is 5.97 Å². The van der Waals surface area contributed by atoms with Crippen LogP contribution in [0.5, 0.6) is 0 Å². The molecule has 0 bridgehead atoms. The van der Waals surface area contributed by atoms with Crippen LogP contribution in [0, 0.1) is 18.3 Å². The van der Waals surface area contributed by atoms with Gasteiger partial charge in [-0.15, -0.1) is 0 Å². The van der Waals surface area contributed by atoms with Gasteiger partial charge in [0.05, 0.1) is 18.1 Å². The first-order chi connectivity index (χ1) is 8.63. The Labute approximate surface area is 106 Å². The summed E-state index contributed by atoms with van der Waals surface area (Å²) in [6, 6.07) is 7.87. The number of nitriles is 1. The second kappa shape index (κ2) is 5.09. The molecule has 4 nitrogen and oxygen atoms in total. The lowest BCUT2D eigenvalue weighted by molar-refractivity contribution is 0.0697. The summed E-state index contributed by atoms with van der Waals surface area (Å²) in [5.41, 5.74) is 2.32. The summed E-state index contributed by atoms with van der Waals surface area (Å²) in [5, 5.41) is 17.6. The van der Waals surface area contributed by atoms with Crippen LogP contribution in [0.3, 0.4) is 0 Å². The molecule has 0 saturated heterocycles. The van der Waals surface area contributed by atoms with Crippen molar-refractivity contribution >= 4 is 11.7 Å². The molecule has 0 atom stereocenters. The molecule has 2 rings (SSSR count). The number of hydrogen-bond acceptors (Lipinski definition) is 3. The van der Waals surface area contributed by atoms with E-state index in [1.807, 2.05) is 13.0 Å². The molecule has 0 unspecified atom stereocenters. The number of nitrogens with zero attached hydrogens (tertiary/aromatic N) is 2. The standard InChI is InChI=1S/C14H16N2O2/c1-10-9-11(14(17)18)3-6-13(10)16(8-2-7-15)12-4-5-12/h3,6,9,12H,2,4-5,8H2,1H3,(H,17,18). The largest absolute Gasteiger partial charge is 0.478 e. The molecule has 1 fully saturated rings. The van der Waals surface area contributed by atoms with Crippen molar-refractivity contribution in [2.75, 3.05) is 11.4 Å². The topological polar surface area (TPSA) is 64.3 Å². The van der Waals surface area contributed by atoms with Crippen molar-refractivity contribution in [3.8, 4) is 6.07 Å². The highest BCUT2D eigenvalue weighted by Crippen LogP contribution is 2.33. The van der Waals surface area contributed by atoms with E-state index in [9.17, 15) is 4.79 Å². The molecule has 1 aliphatic carbocycles. The Morgan fingerprint density at radius 2 is 2.28 bits per heavy atom. The minimum absolute atomic E-state index is 0.312. The van der Waals surface area contributed by atoms with Crippen molar-refractivity contribution in [3.63, 3.8) is 0 Å². The van der Waals surface area contributed by atoms with Crippen molar-refractivity contribution in [1.29, 1.82) is 5.26 Å². The van der Waals surface area contributed by atoms with Gasteiger partial charge in [0.15, 0.2) is 0 Å². The molecular formula is C14H16N2O2. The van der Waals surface area contributed by atoms with Gasteiger partial charge in [-0.3, -0.25) is 0 Å². The van der Waals surface area contributed by atoms with Crippen LogP contribution >= 0.6 is 0 Å². The van der Waals surface area contributed by atoms with E-state index in [1.54, 1.807) is 12.1 Å².